The minimum Gasteiger partial charge on any atom is -0.497 e. The van der Waals surface area contributed by atoms with Gasteiger partial charge in [0.2, 0.25) is 0 Å². The van der Waals surface area contributed by atoms with E-state index in [9.17, 15) is 0 Å². The molecule has 7 heteroatoms. The number of nitrogens with one attached hydrogen (secondary N) is 1. The molecule has 2 rings (SSSR count). The third-order valence-corrected chi connectivity index (χ3v) is 3.77. The van der Waals surface area contributed by atoms with Gasteiger partial charge in [-0.05, 0) is 30.5 Å². The van der Waals surface area contributed by atoms with Gasteiger partial charge < -0.3 is 10.2 Å². The number of nitrogen functional groups attached to an aromatic ring is 1. The second-order valence-corrected chi connectivity index (χ2v) is 5.37. The van der Waals surface area contributed by atoms with Crippen molar-refractivity contribution in [3.63, 3.8) is 0 Å². The quantitative estimate of drug-likeness (QED) is 0.289. The molecule has 0 saturated carbocycles. The van der Waals surface area contributed by atoms with E-state index in [-0.39, 0.29) is 0 Å². The van der Waals surface area contributed by atoms with Crippen LogP contribution in [0, 0.1) is 0 Å². The van der Waals surface area contributed by atoms with Crippen molar-refractivity contribution in [3.05, 3.63) is 30.3 Å². The van der Waals surface area contributed by atoms with Gasteiger partial charge in [0, 0.05) is 11.0 Å². The molecule has 0 atom stereocenters. The molecule has 0 bridgehead atoms. The highest BCUT2D eigenvalue weighted by molar-refractivity contribution is 7.99. The molecule has 0 aliphatic rings. The molecule has 0 fully saturated rings. The SMILES string of the molecule is COc1ccc(Sc2cc(NN)nc(SC)n2)cc1. The Hall–Kier alpha value is -1.44. The lowest BCUT2D eigenvalue weighted by Gasteiger charge is -2.06. The van der Waals surface area contributed by atoms with E-state index >= 15 is 0 Å². The Morgan fingerprint density at radius 1 is 1.21 bits per heavy atom. The standard InChI is InChI=1S/C12H14N4OS2/c1-17-8-3-5-9(6-4-8)19-11-7-10(16-13)14-12(15-11)18-2/h3-7H,13H2,1-2H3,(H,14,15,16). The molecule has 0 aliphatic heterocycles. The van der Waals surface area contributed by atoms with Gasteiger partial charge in [0.25, 0.3) is 0 Å². The highest BCUT2D eigenvalue weighted by Crippen LogP contribution is 2.29. The van der Waals surface area contributed by atoms with Crippen molar-refractivity contribution in [1.29, 1.82) is 0 Å². The molecule has 1 aromatic carbocycles. The van der Waals surface area contributed by atoms with Crippen LogP contribution < -0.4 is 16.0 Å². The number of hydrogen-bond donors (Lipinski definition) is 2. The summed E-state index contributed by atoms with van der Waals surface area (Å²) in [6.45, 7) is 0. The van der Waals surface area contributed by atoms with E-state index in [0.29, 0.717) is 11.0 Å². The molecular formula is C12H14N4OS2. The Labute approximate surface area is 120 Å². The number of rotatable bonds is 5. The number of methoxy groups -OCH3 is 1. The van der Waals surface area contributed by atoms with Crippen molar-refractivity contribution in [3.8, 4) is 5.75 Å². The maximum absolute atomic E-state index is 5.40. The van der Waals surface area contributed by atoms with Gasteiger partial charge in [0.05, 0.1) is 7.11 Å². The summed E-state index contributed by atoms with van der Waals surface area (Å²) in [7, 11) is 1.65. The summed E-state index contributed by atoms with van der Waals surface area (Å²) in [6.07, 6.45) is 1.93. The van der Waals surface area contributed by atoms with Crippen LogP contribution in [0.2, 0.25) is 0 Å². The van der Waals surface area contributed by atoms with E-state index < -0.39 is 0 Å². The lowest BCUT2D eigenvalue weighted by molar-refractivity contribution is 0.414. The van der Waals surface area contributed by atoms with E-state index in [1.807, 2.05) is 36.6 Å². The number of ether oxygens (including phenoxy) is 1. The summed E-state index contributed by atoms with van der Waals surface area (Å²) in [6, 6.07) is 9.62. The van der Waals surface area contributed by atoms with Gasteiger partial charge in [-0.25, -0.2) is 15.8 Å². The largest absolute Gasteiger partial charge is 0.497 e. The minimum absolute atomic E-state index is 0.607. The molecule has 1 heterocycles. The Balaban J connectivity index is 2.21. The highest BCUT2D eigenvalue weighted by Gasteiger charge is 2.05. The lowest BCUT2D eigenvalue weighted by atomic mass is 10.3. The molecule has 0 unspecified atom stereocenters. The van der Waals surface area contributed by atoms with Crippen LogP contribution in [0.5, 0.6) is 5.75 Å². The summed E-state index contributed by atoms with van der Waals surface area (Å²) in [5.41, 5.74) is 2.55. The zero-order chi connectivity index (χ0) is 13.7. The van der Waals surface area contributed by atoms with Crippen molar-refractivity contribution >= 4 is 29.3 Å². The first-order valence-corrected chi connectivity index (χ1v) is 7.51. The number of hydrazine groups is 1. The molecule has 0 saturated heterocycles. The summed E-state index contributed by atoms with van der Waals surface area (Å²) < 4.78 is 5.13. The van der Waals surface area contributed by atoms with Crippen LogP contribution in [0.25, 0.3) is 0 Å². The first kappa shape index (κ1) is 14.0. The molecule has 5 nitrogen and oxygen atoms in total. The first-order valence-electron chi connectivity index (χ1n) is 5.46. The van der Waals surface area contributed by atoms with E-state index in [4.69, 9.17) is 10.6 Å². The lowest BCUT2D eigenvalue weighted by Crippen LogP contribution is -2.09. The average Bonchev–Trinajstić information content (AvgIpc) is 2.47. The normalized spacial score (nSPS) is 10.3. The molecule has 2 aromatic rings. The van der Waals surface area contributed by atoms with Crippen molar-refractivity contribution in [2.45, 2.75) is 15.1 Å². The monoisotopic (exact) mass is 294 g/mol. The average molecular weight is 294 g/mol. The van der Waals surface area contributed by atoms with Gasteiger partial charge in [-0.15, -0.1) is 0 Å². The predicted octanol–water partition coefficient (Wildman–Crippen LogP) is 2.64. The maximum atomic E-state index is 5.40. The summed E-state index contributed by atoms with van der Waals surface area (Å²) in [5, 5.41) is 1.53. The topological polar surface area (TPSA) is 73.1 Å². The molecule has 3 N–H and O–H groups in total. The van der Waals surface area contributed by atoms with Crippen molar-refractivity contribution in [2.75, 3.05) is 18.8 Å². The zero-order valence-corrected chi connectivity index (χ0v) is 12.2. The van der Waals surface area contributed by atoms with Gasteiger partial charge in [-0.2, -0.15) is 0 Å². The molecule has 1 aromatic heterocycles. The van der Waals surface area contributed by atoms with Crippen LogP contribution in [-0.4, -0.2) is 23.3 Å². The molecule has 100 valence electrons. The van der Waals surface area contributed by atoms with Gasteiger partial charge in [-0.3, -0.25) is 0 Å². The van der Waals surface area contributed by atoms with Crippen LogP contribution in [0.3, 0.4) is 0 Å². The number of anilines is 1. The number of thioether (sulfide) groups is 1. The number of hydrogen-bond acceptors (Lipinski definition) is 7. The zero-order valence-electron chi connectivity index (χ0n) is 10.6. The molecule has 19 heavy (non-hydrogen) atoms. The highest BCUT2D eigenvalue weighted by atomic mass is 32.2. The van der Waals surface area contributed by atoms with Gasteiger partial charge >= 0.3 is 0 Å². The Morgan fingerprint density at radius 2 is 1.95 bits per heavy atom. The van der Waals surface area contributed by atoms with E-state index in [2.05, 4.69) is 15.4 Å². The van der Waals surface area contributed by atoms with Crippen LogP contribution in [0.4, 0.5) is 5.82 Å². The Morgan fingerprint density at radius 3 is 2.53 bits per heavy atom. The van der Waals surface area contributed by atoms with Crippen molar-refractivity contribution < 1.29 is 4.74 Å². The Bertz CT molecular complexity index is 526. The Kier molecular flexibility index (Phi) is 4.89. The predicted molar refractivity (Wildman–Crippen MR) is 78.7 cm³/mol. The summed E-state index contributed by atoms with van der Waals surface area (Å²) in [5.74, 6) is 6.84. The number of benzene rings is 1. The second kappa shape index (κ2) is 6.65. The molecule has 0 radical (unpaired) electrons. The van der Waals surface area contributed by atoms with Crippen LogP contribution in [-0.2, 0) is 0 Å². The third kappa shape index (κ3) is 3.76. The van der Waals surface area contributed by atoms with Crippen LogP contribution in [0.15, 0.2) is 45.4 Å². The molecule has 0 aliphatic carbocycles. The fourth-order valence-electron chi connectivity index (χ4n) is 1.39. The maximum Gasteiger partial charge on any atom is 0.190 e. The minimum atomic E-state index is 0.607. The summed E-state index contributed by atoms with van der Waals surface area (Å²) in [4.78, 5) is 9.73. The van der Waals surface area contributed by atoms with E-state index in [1.54, 1.807) is 18.9 Å². The van der Waals surface area contributed by atoms with E-state index in [0.717, 1.165) is 15.7 Å². The molecule has 0 spiro atoms. The molecule has 0 amide bonds. The fourth-order valence-corrected chi connectivity index (χ4v) is 2.64. The number of nitrogens with zero attached hydrogens (tertiary/aromatic N) is 2. The van der Waals surface area contributed by atoms with E-state index in [1.165, 1.54) is 11.8 Å². The van der Waals surface area contributed by atoms with Crippen molar-refractivity contribution in [2.24, 2.45) is 5.84 Å². The fraction of sp³-hybridized carbons (Fsp3) is 0.167. The van der Waals surface area contributed by atoms with Gasteiger partial charge in [0.1, 0.15) is 16.6 Å². The third-order valence-electron chi connectivity index (χ3n) is 2.29. The number of nitrogens with two attached hydrogens (primary N) is 1. The number of aromatic nitrogens is 2. The first-order chi connectivity index (χ1) is 9.25. The molecular weight excluding hydrogens is 280 g/mol. The summed E-state index contributed by atoms with van der Waals surface area (Å²) >= 11 is 3.03. The smallest absolute Gasteiger partial charge is 0.190 e. The van der Waals surface area contributed by atoms with Gasteiger partial charge in [0.15, 0.2) is 5.16 Å². The van der Waals surface area contributed by atoms with Crippen LogP contribution >= 0.6 is 23.5 Å². The van der Waals surface area contributed by atoms with Crippen LogP contribution in [0.1, 0.15) is 0 Å². The second-order valence-electron chi connectivity index (χ2n) is 3.50. The van der Waals surface area contributed by atoms with Gasteiger partial charge in [-0.1, -0.05) is 23.5 Å². The van der Waals surface area contributed by atoms with Crippen molar-refractivity contribution in [1.82, 2.24) is 9.97 Å².